The minimum atomic E-state index is -3.50. The van der Waals surface area contributed by atoms with E-state index in [1.54, 1.807) is 12.1 Å². The first-order valence-corrected chi connectivity index (χ1v) is 9.81. The van der Waals surface area contributed by atoms with Crippen molar-refractivity contribution in [2.24, 2.45) is 0 Å². The van der Waals surface area contributed by atoms with Crippen LogP contribution in [0.5, 0.6) is 0 Å². The summed E-state index contributed by atoms with van der Waals surface area (Å²) in [6.07, 6.45) is 0. The highest BCUT2D eigenvalue weighted by Gasteiger charge is 2.30. The number of carbonyl (C=O) groups is 1. The van der Waals surface area contributed by atoms with Crippen molar-refractivity contribution in [2.45, 2.75) is 15.2 Å². The van der Waals surface area contributed by atoms with E-state index in [0.29, 0.717) is 31.7 Å². The van der Waals surface area contributed by atoms with E-state index in [4.69, 9.17) is 34.8 Å². The van der Waals surface area contributed by atoms with Crippen LogP contribution in [0.15, 0.2) is 29.2 Å². The number of amides is 1. The molecule has 1 N–H and O–H groups in total. The summed E-state index contributed by atoms with van der Waals surface area (Å²) in [4.78, 5) is 13.8. The summed E-state index contributed by atoms with van der Waals surface area (Å²) in [7, 11) is -1.54. The standard InChI is InChI=1S/C14H18Cl3N3O3S/c1-19-6-8-20(9-7-19)24(22,23)12-4-2-11(3-5-12)10-18-13(21)14(15,16)17/h2-5H,6-10H2,1H3,(H,18,21). The molecule has 1 aromatic carbocycles. The van der Waals surface area contributed by atoms with E-state index in [1.807, 2.05) is 7.05 Å². The van der Waals surface area contributed by atoms with Crippen LogP contribution < -0.4 is 5.32 Å². The van der Waals surface area contributed by atoms with E-state index in [0.717, 1.165) is 0 Å². The number of benzene rings is 1. The van der Waals surface area contributed by atoms with Crippen molar-refractivity contribution in [3.05, 3.63) is 29.8 Å². The summed E-state index contributed by atoms with van der Waals surface area (Å²) in [5.74, 6) is -0.735. The Labute approximate surface area is 156 Å². The van der Waals surface area contributed by atoms with E-state index in [2.05, 4.69) is 10.2 Å². The molecule has 0 saturated carbocycles. The summed E-state index contributed by atoms with van der Waals surface area (Å²) in [5.41, 5.74) is 0.704. The van der Waals surface area contributed by atoms with Crippen LogP contribution >= 0.6 is 34.8 Å². The van der Waals surface area contributed by atoms with Gasteiger partial charge in [-0.15, -0.1) is 0 Å². The lowest BCUT2D eigenvalue weighted by Gasteiger charge is -2.31. The average molecular weight is 415 g/mol. The predicted octanol–water partition coefficient (Wildman–Crippen LogP) is 1.61. The van der Waals surface area contributed by atoms with Gasteiger partial charge in [0.05, 0.1) is 4.90 Å². The molecule has 1 heterocycles. The van der Waals surface area contributed by atoms with Gasteiger partial charge < -0.3 is 10.2 Å². The fourth-order valence-corrected chi connectivity index (χ4v) is 3.86. The quantitative estimate of drug-likeness (QED) is 0.760. The molecular formula is C14H18Cl3N3O3S. The Morgan fingerprint density at radius 2 is 1.67 bits per heavy atom. The Bertz CT molecular complexity index is 681. The molecule has 0 aliphatic carbocycles. The van der Waals surface area contributed by atoms with Gasteiger partial charge in [-0.1, -0.05) is 46.9 Å². The van der Waals surface area contributed by atoms with Gasteiger partial charge in [0.2, 0.25) is 10.0 Å². The second kappa shape index (κ2) is 7.76. The largest absolute Gasteiger partial charge is 0.348 e. The molecule has 0 bridgehead atoms. The first-order chi connectivity index (χ1) is 11.1. The average Bonchev–Trinajstić information content (AvgIpc) is 2.52. The molecule has 0 spiro atoms. The second-order valence-corrected chi connectivity index (χ2v) is 9.75. The highest BCUT2D eigenvalue weighted by Crippen LogP contribution is 2.26. The normalized spacial score (nSPS) is 17.7. The molecule has 0 unspecified atom stereocenters. The lowest BCUT2D eigenvalue weighted by atomic mass is 10.2. The van der Waals surface area contributed by atoms with E-state index in [-0.39, 0.29) is 11.4 Å². The molecule has 0 aromatic heterocycles. The molecule has 134 valence electrons. The molecule has 1 aromatic rings. The maximum atomic E-state index is 12.6. The third-order valence-corrected chi connectivity index (χ3v) is 6.16. The Hall–Kier alpha value is -0.570. The Morgan fingerprint density at radius 3 is 2.17 bits per heavy atom. The topological polar surface area (TPSA) is 69.7 Å². The summed E-state index contributed by atoms with van der Waals surface area (Å²) < 4.78 is 24.6. The number of likely N-dealkylation sites (N-methyl/N-ethyl adjacent to an activating group) is 1. The van der Waals surface area contributed by atoms with Crippen LogP contribution in [-0.2, 0) is 21.4 Å². The fourth-order valence-electron chi connectivity index (χ4n) is 2.24. The van der Waals surface area contributed by atoms with Gasteiger partial charge in [-0.3, -0.25) is 4.79 Å². The maximum Gasteiger partial charge on any atom is 0.272 e. The Kier molecular flexibility index (Phi) is 6.39. The van der Waals surface area contributed by atoms with Crippen LogP contribution in [0.3, 0.4) is 0 Å². The second-order valence-electron chi connectivity index (χ2n) is 5.53. The van der Waals surface area contributed by atoms with Gasteiger partial charge in [-0.2, -0.15) is 4.31 Å². The van der Waals surface area contributed by atoms with Crippen molar-refractivity contribution in [1.82, 2.24) is 14.5 Å². The Morgan fingerprint density at radius 1 is 1.12 bits per heavy atom. The Balaban J connectivity index is 2.02. The van der Waals surface area contributed by atoms with Crippen LogP contribution in [0, 0.1) is 0 Å². The molecule has 6 nitrogen and oxygen atoms in total. The third kappa shape index (κ3) is 4.97. The van der Waals surface area contributed by atoms with Crippen molar-refractivity contribution < 1.29 is 13.2 Å². The molecule has 1 fully saturated rings. The molecule has 1 aliphatic heterocycles. The minimum Gasteiger partial charge on any atom is -0.348 e. The first kappa shape index (κ1) is 19.8. The monoisotopic (exact) mass is 413 g/mol. The number of nitrogens with one attached hydrogen (secondary N) is 1. The zero-order chi connectivity index (χ0) is 18.0. The minimum absolute atomic E-state index is 0.140. The van der Waals surface area contributed by atoms with Gasteiger partial charge in [-0.25, -0.2) is 8.42 Å². The highest BCUT2D eigenvalue weighted by molar-refractivity contribution is 7.89. The van der Waals surface area contributed by atoms with E-state index < -0.39 is 19.7 Å². The van der Waals surface area contributed by atoms with Gasteiger partial charge in [0.25, 0.3) is 9.70 Å². The summed E-state index contributed by atoms with van der Waals surface area (Å²) in [6, 6.07) is 6.29. The maximum absolute atomic E-state index is 12.6. The van der Waals surface area contributed by atoms with E-state index in [1.165, 1.54) is 16.4 Å². The number of alkyl halides is 3. The number of halogens is 3. The van der Waals surface area contributed by atoms with Gasteiger partial charge in [0, 0.05) is 32.7 Å². The van der Waals surface area contributed by atoms with Crippen LogP contribution in [0.4, 0.5) is 0 Å². The van der Waals surface area contributed by atoms with Crippen molar-refractivity contribution in [1.29, 1.82) is 0 Å². The predicted molar refractivity (Wildman–Crippen MR) is 94.8 cm³/mol. The van der Waals surface area contributed by atoms with Gasteiger partial charge in [0.1, 0.15) is 0 Å². The van der Waals surface area contributed by atoms with Crippen molar-refractivity contribution >= 4 is 50.7 Å². The van der Waals surface area contributed by atoms with Crippen LogP contribution in [0.2, 0.25) is 0 Å². The summed E-state index contributed by atoms with van der Waals surface area (Å²) in [6.45, 7) is 2.50. The molecule has 24 heavy (non-hydrogen) atoms. The molecular weight excluding hydrogens is 397 g/mol. The SMILES string of the molecule is CN1CCN(S(=O)(=O)c2ccc(CNC(=O)C(Cl)(Cl)Cl)cc2)CC1. The number of piperazine rings is 1. The van der Waals surface area contributed by atoms with Gasteiger partial charge in [0.15, 0.2) is 0 Å². The highest BCUT2D eigenvalue weighted by atomic mass is 35.6. The zero-order valence-corrected chi connectivity index (χ0v) is 16.1. The number of hydrogen-bond acceptors (Lipinski definition) is 4. The number of rotatable bonds is 4. The van der Waals surface area contributed by atoms with Crippen LogP contribution in [0.1, 0.15) is 5.56 Å². The van der Waals surface area contributed by atoms with E-state index >= 15 is 0 Å². The molecule has 1 saturated heterocycles. The zero-order valence-electron chi connectivity index (χ0n) is 13.0. The number of nitrogens with zero attached hydrogens (tertiary/aromatic N) is 2. The number of sulfonamides is 1. The number of carbonyl (C=O) groups excluding carboxylic acids is 1. The van der Waals surface area contributed by atoms with Crippen LogP contribution in [-0.4, -0.2) is 60.5 Å². The number of hydrogen-bond donors (Lipinski definition) is 1. The molecule has 10 heteroatoms. The van der Waals surface area contributed by atoms with Crippen molar-refractivity contribution in [3.8, 4) is 0 Å². The smallest absolute Gasteiger partial charge is 0.272 e. The lowest BCUT2D eigenvalue weighted by molar-refractivity contribution is -0.120. The summed E-state index contributed by atoms with van der Waals surface area (Å²) in [5, 5.41) is 2.47. The summed E-state index contributed by atoms with van der Waals surface area (Å²) >= 11 is 16.4. The molecule has 2 rings (SSSR count). The molecule has 1 amide bonds. The van der Waals surface area contributed by atoms with Gasteiger partial charge >= 0.3 is 0 Å². The lowest BCUT2D eigenvalue weighted by Crippen LogP contribution is -2.47. The van der Waals surface area contributed by atoms with E-state index in [9.17, 15) is 13.2 Å². The van der Waals surface area contributed by atoms with Crippen molar-refractivity contribution in [3.63, 3.8) is 0 Å². The van der Waals surface area contributed by atoms with Gasteiger partial charge in [-0.05, 0) is 24.7 Å². The molecule has 0 atom stereocenters. The fraction of sp³-hybridized carbons (Fsp3) is 0.500. The first-order valence-electron chi connectivity index (χ1n) is 7.23. The third-order valence-electron chi connectivity index (χ3n) is 3.73. The van der Waals surface area contributed by atoms with Crippen LogP contribution in [0.25, 0.3) is 0 Å². The molecule has 1 aliphatic rings. The molecule has 0 radical (unpaired) electrons. The van der Waals surface area contributed by atoms with Crippen molar-refractivity contribution in [2.75, 3.05) is 33.2 Å².